The van der Waals surface area contributed by atoms with Crippen LogP contribution >= 0.6 is 0 Å². The van der Waals surface area contributed by atoms with E-state index in [9.17, 15) is 14.0 Å². The number of fused-ring (bicyclic) bond motifs is 1. The van der Waals surface area contributed by atoms with Gasteiger partial charge in [0, 0.05) is 11.8 Å². The van der Waals surface area contributed by atoms with Gasteiger partial charge >= 0.3 is 0 Å². The molecule has 10 heteroatoms. The molecule has 1 aromatic heterocycles. The molecule has 0 aliphatic carbocycles. The number of pyridine rings is 1. The summed E-state index contributed by atoms with van der Waals surface area (Å²) < 4.78 is 19.6. The minimum atomic E-state index is -0.819. The molecule has 0 saturated carbocycles. The first-order valence-corrected chi connectivity index (χ1v) is 9.44. The van der Waals surface area contributed by atoms with Gasteiger partial charge < -0.3 is 15.4 Å². The van der Waals surface area contributed by atoms with E-state index in [-0.39, 0.29) is 41.0 Å². The van der Waals surface area contributed by atoms with E-state index < -0.39 is 17.6 Å². The van der Waals surface area contributed by atoms with Crippen LogP contribution in [0.4, 0.5) is 21.6 Å². The van der Waals surface area contributed by atoms with Gasteiger partial charge in [-0.2, -0.15) is 0 Å². The van der Waals surface area contributed by atoms with Crippen LogP contribution in [-0.2, 0) is 4.79 Å². The molecule has 9 nitrogen and oxygen atoms in total. The number of aromatic nitrogens is 1. The minimum absolute atomic E-state index is 0.0814. The summed E-state index contributed by atoms with van der Waals surface area (Å²) in [5.41, 5.74) is 0.689. The normalized spacial score (nSPS) is 12.1. The van der Waals surface area contributed by atoms with Gasteiger partial charge in [0.1, 0.15) is 23.1 Å². The molecule has 1 aliphatic rings. The lowest BCUT2D eigenvalue weighted by Gasteiger charge is -2.20. The Balaban J connectivity index is 1.56. The lowest BCUT2D eigenvalue weighted by atomic mass is 10.1. The summed E-state index contributed by atoms with van der Waals surface area (Å²) in [4.78, 5) is 29.7. The van der Waals surface area contributed by atoms with Crippen molar-refractivity contribution in [3.63, 3.8) is 0 Å². The van der Waals surface area contributed by atoms with Crippen molar-refractivity contribution in [1.29, 1.82) is 10.8 Å². The number of nitrogens with zero attached hydrogens (tertiary/aromatic N) is 2. The molecule has 0 fully saturated rings. The lowest BCUT2D eigenvalue weighted by Crippen LogP contribution is -2.30. The lowest BCUT2D eigenvalue weighted by molar-refractivity contribution is -0.118. The number of nitrogens with one attached hydrogen (secondary N) is 4. The van der Waals surface area contributed by atoms with Gasteiger partial charge in [0.15, 0.2) is 12.4 Å². The number of ether oxygens (including phenoxy) is 1. The van der Waals surface area contributed by atoms with Crippen LogP contribution in [0.2, 0.25) is 0 Å². The zero-order chi connectivity index (χ0) is 22.7. The van der Waals surface area contributed by atoms with Crippen molar-refractivity contribution in [2.45, 2.75) is 0 Å². The maximum absolute atomic E-state index is 14.4. The molecule has 0 saturated heterocycles. The molecule has 0 unspecified atom stereocenters. The highest BCUT2D eigenvalue weighted by atomic mass is 19.1. The Morgan fingerprint density at radius 2 is 1.97 bits per heavy atom. The van der Waals surface area contributed by atoms with Crippen molar-refractivity contribution in [3.8, 4) is 5.75 Å². The SMILES string of the molecule is N=CN(C(=N)c1cccc(NC(=O)c2cc3c(cc2F)OCC(=O)N3)n1)c1ccccc1. The van der Waals surface area contributed by atoms with E-state index in [1.807, 2.05) is 6.07 Å². The zero-order valence-corrected chi connectivity index (χ0v) is 16.6. The van der Waals surface area contributed by atoms with Crippen LogP contribution in [0.5, 0.6) is 5.75 Å². The summed E-state index contributed by atoms with van der Waals surface area (Å²) >= 11 is 0. The maximum Gasteiger partial charge on any atom is 0.262 e. The first-order valence-electron chi connectivity index (χ1n) is 9.44. The maximum atomic E-state index is 14.4. The highest BCUT2D eigenvalue weighted by molar-refractivity contribution is 6.16. The van der Waals surface area contributed by atoms with Gasteiger partial charge in [-0.1, -0.05) is 24.3 Å². The van der Waals surface area contributed by atoms with Gasteiger partial charge in [0.2, 0.25) is 0 Å². The smallest absolute Gasteiger partial charge is 0.262 e. The number of para-hydroxylation sites is 1. The molecule has 4 N–H and O–H groups in total. The second-order valence-corrected chi connectivity index (χ2v) is 6.71. The van der Waals surface area contributed by atoms with E-state index in [0.717, 1.165) is 12.4 Å². The van der Waals surface area contributed by atoms with E-state index in [4.69, 9.17) is 15.6 Å². The Morgan fingerprint density at radius 3 is 2.72 bits per heavy atom. The number of carbonyl (C=O) groups excluding carboxylic acids is 2. The summed E-state index contributed by atoms with van der Waals surface area (Å²) in [5.74, 6) is -1.86. The summed E-state index contributed by atoms with van der Waals surface area (Å²) in [5, 5.41) is 21.1. The second kappa shape index (κ2) is 8.64. The molecule has 2 heterocycles. The third-order valence-electron chi connectivity index (χ3n) is 4.58. The molecule has 32 heavy (non-hydrogen) atoms. The molecule has 2 amide bonds. The van der Waals surface area contributed by atoms with Crippen LogP contribution < -0.4 is 20.3 Å². The average Bonchev–Trinajstić information content (AvgIpc) is 2.80. The molecule has 160 valence electrons. The third-order valence-corrected chi connectivity index (χ3v) is 4.58. The van der Waals surface area contributed by atoms with Gasteiger partial charge in [0.25, 0.3) is 11.8 Å². The van der Waals surface area contributed by atoms with Crippen LogP contribution in [0.15, 0.2) is 60.7 Å². The van der Waals surface area contributed by atoms with Gasteiger partial charge in [-0.15, -0.1) is 0 Å². The summed E-state index contributed by atoms with van der Waals surface area (Å²) in [7, 11) is 0. The fraction of sp³-hybridized carbons (Fsp3) is 0.0455. The predicted octanol–water partition coefficient (Wildman–Crippen LogP) is 3.24. The molecule has 0 spiro atoms. The van der Waals surface area contributed by atoms with Gasteiger partial charge in [-0.05, 0) is 30.3 Å². The first kappa shape index (κ1) is 20.7. The largest absolute Gasteiger partial charge is 0.481 e. The Kier molecular flexibility index (Phi) is 5.58. The van der Waals surface area contributed by atoms with E-state index in [2.05, 4.69) is 15.6 Å². The Morgan fingerprint density at radius 1 is 1.19 bits per heavy atom. The quantitative estimate of drug-likeness (QED) is 0.363. The van der Waals surface area contributed by atoms with E-state index in [1.165, 1.54) is 17.0 Å². The number of carbonyl (C=O) groups is 2. The number of amidine groups is 1. The van der Waals surface area contributed by atoms with Crippen LogP contribution in [0.1, 0.15) is 16.1 Å². The first-order chi connectivity index (χ1) is 15.5. The summed E-state index contributed by atoms with van der Waals surface area (Å²) in [6.45, 7) is -0.226. The number of hydrogen-bond donors (Lipinski definition) is 4. The van der Waals surface area contributed by atoms with Crippen LogP contribution in [0.3, 0.4) is 0 Å². The molecule has 4 rings (SSSR count). The fourth-order valence-electron chi connectivity index (χ4n) is 3.08. The molecular formula is C22H17FN6O3. The number of rotatable bonds is 5. The fourth-order valence-corrected chi connectivity index (χ4v) is 3.08. The van der Waals surface area contributed by atoms with Crippen molar-refractivity contribution in [2.75, 3.05) is 22.1 Å². The number of amides is 2. The Hall–Kier alpha value is -4.60. The van der Waals surface area contributed by atoms with Crippen molar-refractivity contribution in [3.05, 3.63) is 77.7 Å². The van der Waals surface area contributed by atoms with Gasteiger partial charge in [-0.25, -0.2) is 9.37 Å². The molecule has 1 aliphatic heterocycles. The third kappa shape index (κ3) is 4.15. The number of benzene rings is 2. The Labute approximate surface area is 181 Å². The molecule has 0 radical (unpaired) electrons. The highest BCUT2D eigenvalue weighted by Crippen LogP contribution is 2.30. The molecule has 0 bridgehead atoms. The van der Waals surface area contributed by atoms with Gasteiger partial charge in [0.05, 0.1) is 17.6 Å². The molecule has 2 aromatic carbocycles. The highest BCUT2D eigenvalue weighted by Gasteiger charge is 2.22. The monoisotopic (exact) mass is 432 g/mol. The van der Waals surface area contributed by atoms with Crippen molar-refractivity contribution < 1.29 is 18.7 Å². The van der Waals surface area contributed by atoms with Crippen LogP contribution in [0.25, 0.3) is 0 Å². The van der Waals surface area contributed by atoms with Crippen LogP contribution in [0, 0.1) is 16.6 Å². The average molecular weight is 432 g/mol. The summed E-state index contributed by atoms with van der Waals surface area (Å²) in [6, 6.07) is 15.7. The minimum Gasteiger partial charge on any atom is -0.481 e. The van der Waals surface area contributed by atoms with Crippen LogP contribution in [-0.4, -0.2) is 35.6 Å². The Bertz CT molecular complexity index is 1230. The molecular weight excluding hydrogens is 415 g/mol. The zero-order valence-electron chi connectivity index (χ0n) is 16.6. The topological polar surface area (TPSA) is 131 Å². The molecule has 0 atom stereocenters. The van der Waals surface area contributed by atoms with Crippen molar-refractivity contribution in [2.24, 2.45) is 0 Å². The molecule has 3 aromatic rings. The number of hydrogen-bond acceptors (Lipinski definition) is 6. The van der Waals surface area contributed by atoms with E-state index >= 15 is 0 Å². The van der Waals surface area contributed by atoms with Gasteiger partial charge in [-0.3, -0.25) is 25.3 Å². The van der Waals surface area contributed by atoms with E-state index in [0.29, 0.717) is 5.69 Å². The standard InChI is InChI=1S/C22H17FN6O3/c23-15-10-18-17(27-20(30)11-32-18)9-14(15)22(31)28-19-8-4-7-16(26-19)21(25)29(12-24)13-5-2-1-3-6-13/h1-10,12,24-25H,11H2,(H,27,30)(H,26,28,31). The van der Waals surface area contributed by atoms with E-state index in [1.54, 1.807) is 36.4 Å². The number of anilines is 3. The predicted molar refractivity (Wildman–Crippen MR) is 117 cm³/mol. The second-order valence-electron chi connectivity index (χ2n) is 6.71. The number of halogens is 1. The van der Waals surface area contributed by atoms with Crippen molar-refractivity contribution in [1.82, 2.24) is 4.98 Å². The summed E-state index contributed by atoms with van der Waals surface area (Å²) in [6.07, 6.45) is 0.990. The van der Waals surface area contributed by atoms with Crippen molar-refractivity contribution >= 4 is 41.2 Å².